The molecule has 1 N–H and O–H groups in total. The normalized spacial score (nSPS) is 11.3. The van der Waals surface area contributed by atoms with Crippen molar-refractivity contribution in [2.75, 3.05) is 5.43 Å². The fourth-order valence-corrected chi connectivity index (χ4v) is 3.19. The molecule has 128 valence electrons. The Labute approximate surface area is 157 Å². The maximum Gasteiger partial charge on any atom is 0.345 e. The van der Waals surface area contributed by atoms with Crippen molar-refractivity contribution < 1.29 is 4.42 Å². The molecule has 7 heteroatoms. The smallest absolute Gasteiger partial charge is 0.345 e. The van der Waals surface area contributed by atoms with Crippen LogP contribution in [0.1, 0.15) is 5.56 Å². The first-order valence-corrected chi connectivity index (χ1v) is 8.98. The fourth-order valence-electron chi connectivity index (χ4n) is 2.40. The highest BCUT2D eigenvalue weighted by Crippen LogP contribution is 2.25. The summed E-state index contributed by atoms with van der Waals surface area (Å²) in [5.41, 5.74) is 4.90. The molecule has 26 heavy (non-hydrogen) atoms. The van der Waals surface area contributed by atoms with Crippen molar-refractivity contribution in [1.82, 2.24) is 4.98 Å². The Bertz CT molecular complexity index is 1150. The number of aromatic nitrogens is 1. The zero-order chi connectivity index (χ0) is 17.9. The van der Waals surface area contributed by atoms with Gasteiger partial charge in [0.15, 0.2) is 0 Å². The van der Waals surface area contributed by atoms with Crippen LogP contribution in [0.2, 0.25) is 5.02 Å². The third-order valence-electron chi connectivity index (χ3n) is 3.67. The number of halogens is 1. The van der Waals surface area contributed by atoms with Crippen molar-refractivity contribution in [2.24, 2.45) is 5.10 Å². The Morgan fingerprint density at radius 1 is 1.15 bits per heavy atom. The lowest BCUT2D eigenvalue weighted by atomic mass is 10.1. The first-order valence-electron chi connectivity index (χ1n) is 7.72. The van der Waals surface area contributed by atoms with Crippen molar-refractivity contribution in [3.8, 4) is 11.3 Å². The van der Waals surface area contributed by atoms with E-state index >= 15 is 0 Å². The molecule has 0 saturated carbocycles. The van der Waals surface area contributed by atoms with Gasteiger partial charge >= 0.3 is 5.63 Å². The van der Waals surface area contributed by atoms with Crippen LogP contribution in [-0.2, 0) is 0 Å². The molecule has 0 spiro atoms. The minimum atomic E-state index is -0.412. The van der Waals surface area contributed by atoms with Crippen LogP contribution < -0.4 is 11.1 Å². The molecule has 2 aromatic carbocycles. The molecule has 0 atom stereocenters. The Kier molecular flexibility index (Phi) is 4.51. The van der Waals surface area contributed by atoms with Gasteiger partial charge in [-0.1, -0.05) is 41.9 Å². The van der Waals surface area contributed by atoms with E-state index in [9.17, 15) is 4.79 Å². The number of hydrazone groups is 1. The standard InChI is InChI=1S/C19H12ClN3O2S/c20-14-7-5-12(6-8-14)10-21-23-19-22-16(11-26-19)15-9-13-3-1-2-4-17(13)25-18(15)24/h1-11H,(H,22,23). The minimum absolute atomic E-state index is 0.412. The molecule has 0 bridgehead atoms. The van der Waals surface area contributed by atoms with Crippen LogP contribution in [0, 0.1) is 0 Å². The number of anilines is 1. The van der Waals surface area contributed by atoms with E-state index in [1.165, 1.54) is 11.3 Å². The van der Waals surface area contributed by atoms with Gasteiger partial charge in [-0.05, 0) is 29.8 Å². The van der Waals surface area contributed by atoms with Gasteiger partial charge in [0.25, 0.3) is 0 Å². The van der Waals surface area contributed by atoms with E-state index in [1.54, 1.807) is 35.9 Å². The number of para-hydroxylation sites is 1. The first-order chi connectivity index (χ1) is 12.7. The molecule has 0 saturated heterocycles. The molecule has 0 aliphatic heterocycles. The molecule has 0 radical (unpaired) electrons. The molecular weight excluding hydrogens is 370 g/mol. The van der Waals surface area contributed by atoms with E-state index in [1.807, 2.05) is 30.3 Å². The van der Waals surface area contributed by atoms with Crippen LogP contribution in [0.25, 0.3) is 22.2 Å². The maximum absolute atomic E-state index is 12.2. The van der Waals surface area contributed by atoms with E-state index in [4.69, 9.17) is 16.0 Å². The minimum Gasteiger partial charge on any atom is -0.422 e. The summed E-state index contributed by atoms with van der Waals surface area (Å²) in [5.74, 6) is 0. The van der Waals surface area contributed by atoms with Crippen molar-refractivity contribution >= 4 is 45.3 Å². The number of nitrogens with one attached hydrogen (secondary N) is 1. The summed E-state index contributed by atoms with van der Waals surface area (Å²) < 4.78 is 5.35. The molecule has 0 unspecified atom stereocenters. The van der Waals surface area contributed by atoms with E-state index in [0.29, 0.717) is 27.0 Å². The molecule has 4 aromatic rings. The number of benzene rings is 2. The third-order valence-corrected chi connectivity index (χ3v) is 4.66. The van der Waals surface area contributed by atoms with Gasteiger partial charge in [0, 0.05) is 15.8 Å². The monoisotopic (exact) mass is 381 g/mol. The van der Waals surface area contributed by atoms with Gasteiger partial charge in [0.2, 0.25) is 5.13 Å². The lowest BCUT2D eigenvalue weighted by molar-refractivity contribution is 0.563. The van der Waals surface area contributed by atoms with Crippen molar-refractivity contribution in [1.29, 1.82) is 0 Å². The van der Waals surface area contributed by atoms with Gasteiger partial charge in [-0.2, -0.15) is 5.10 Å². The van der Waals surface area contributed by atoms with Crippen LogP contribution in [0.5, 0.6) is 0 Å². The summed E-state index contributed by atoms with van der Waals surface area (Å²) in [4.78, 5) is 16.6. The second-order valence-corrected chi connectivity index (χ2v) is 6.74. The lowest BCUT2D eigenvalue weighted by Crippen LogP contribution is -2.02. The number of hydrogen-bond acceptors (Lipinski definition) is 6. The third kappa shape index (κ3) is 3.51. The fraction of sp³-hybridized carbons (Fsp3) is 0. The number of rotatable bonds is 4. The van der Waals surface area contributed by atoms with Crippen molar-refractivity contribution in [2.45, 2.75) is 0 Å². The van der Waals surface area contributed by atoms with Crippen LogP contribution in [0.3, 0.4) is 0 Å². The van der Waals surface area contributed by atoms with Gasteiger partial charge in [-0.3, -0.25) is 5.43 Å². The van der Waals surface area contributed by atoms with E-state index < -0.39 is 5.63 Å². The van der Waals surface area contributed by atoms with Gasteiger partial charge in [-0.25, -0.2) is 9.78 Å². The second kappa shape index (κ2) is 7.11. The Morgan fingerprint density at radius 2 is 1.96 bits per heavy atom. The number of fused-ring (bicyclic) bond motifs is 1. The number of thiazole rings is 1. The highest BCUT2D eigenvalue weighted by molar-refractivity contribution is 7.14. The molecule has 2 heterocycles. The topological polar surface area (TPSA) is 67.5 Å². The zero-order valence-electron chi connectivity index (χ0n) is 13.3. The molecule has 5 nitrogen and oxygen atoms in total. The average Bonchev–Trinajstić information content (AvgIpc) is 3.11. The van der Waals surface area contributed by atoms with Crippen molar-refractivity contribution in [3.63, 3.8) is 0 Å². The Hall–Kier alpha value is -2.96. The molecule has 0 aliphatic rings. The van der Waals surface area contributed by atoms with E-state index in [0.717, 1.165) is 10.9 Å². The molecule has 2 aromatic heterocycles. The average molecular weight is 382 g/mol. The van der Waals surface area contributed by atoms with E-state index in [2.05, 4.69) is 15.5 Å². The maximum atomic E-state index is 12.2. The highest BCUT2D eigenvalue weighted by Gasteiger charge is 2.11. The molecular formula is C19H12ClN3O2S. The van der Waals surface area contributed by atoms with Gasteiger partial charge in [0.1, 0.15) is 5.58 Å². The predicted octanol–water partition coefficient (Wildman–Crippen LogP) is 5.02. The summed E-state index contributed by atoms with van der Waals surface area (Å²) in [6.45, 7) is 0. The summed E-state index contributed by atoms with van der Waals surface area (Å²) in [7, 11) is 0. The molecule has 0 fully saturated rings. The van der Waals surface area contributed by atoms with Crippen LogP contribution in [-0.4, -0.2) is 11.2 Å². The number of nitrogens with zero attached hydrogens (tertiary/aromatic N) is 2. The van der Waals surface area contributed by atoms with Gasteiger partial charge < -0.3 is 4.42 Å². The second-order valence-electron chi connectivity index (χ2n) is 5.44. The summed E-state index contributed by atoms with van der Waals surface area (Å²) >= 11 is 7.21. The zero-order valence-corrected chi connectivity index (χ0v) is 14.9. The largest absolute Gasteiger partial charge is 0.422 e. The SMILES string of the molecule is O=c1oc2ccccc2cc1-c1csc(NN=Cc2ccc(Cl)cc2)n1. The predicted molar refractivity (Wildman–Crippen MR) is 106 cm³/mol. The summed E-state index contributed by atoms with van der Waals surface area (Å²) in [5, 5.41) is 8.05. The Balaban J connectivity index is 1.55. The number of hydrogen-bond donors (Lipinski definition) is 1. The quantitative estimate of drug-likeness (QED) is 0.306. The van der Waals surface area contributed by atoms with Crippen LogP contribution in [0.15, 0.2) is 74.3 Å². The van der Waals surface area contributed by atoms with Gasteiger partial charge in [-0.15, -0.1) is 11.3 Å². The lowest BCUT2D eigenvalue weighted by Gasteiger charge is -1.99. The first kappa shape index (κ1) is 16.5. The van der Waals surface area contributed by atoms with Crippen LogP contribution in [0.4, 0.5) is 5.13 Å². The Morgan fingerprint density at radius 3 is 2.81 bits per heavy atom. The molecule has 0 aliphatic carbocycles. The summed E-state index contributed by atoms with van der Waals surface area (Å²) in [6, 6.07) is 16.5. The van der Waals surface area contributed by atoms with Crippen molar-refractivity contribution in [3.05, 3.63) is 81.0 Å². The highest BCUT2D eigenvalue weighted by atomic mass is 35.5. The molecule has 4 rings (SSSR count). The van der Waals surface area contributed by atoms with E-state index in [-0.39, 0.29) is 0 Å². The molecule has 0 amide bonds. The van der Waals surface area contributed by atoms with Crippen LogP contribution >= 0.6 is 22.9 Å². The summed E-state index contributed by atoms with van der Waals surface area (Å²) in [6.07, 6.45) is 1.67. The van der Waals surface area contributed by atoms with Gasteiger partial charge in [0.05, 0.1) is 17.5 Å².